The molecule has 5 heteroatoms. The first kappa shape index (κ1) is 23.2. The average molecular weight is 447 g/mol. The monoisotopic (exact) mass is 446 g/mol. The summed E-state index contributed by atoms with van der Waals surface area (Å²) < 4.78 is 5.40. The summed E-state index contributed by atoms with van der Waals surface area (Å²) in [5.74, 6) is 1.09. The van der Waals surface area contributed by atoms with E-state index in [-0.39, 0.29) is 29.6 Å². The molecule has 0 saturated heterocycles. The Labute approximate surface area is 196 Å². The average Bonchev–Trinajstić information content (AvgIpc) is 2.83. The number of carbonyl (C=O) groups is 2. The van der Waals surface area contributed by atoms with Gasteiger partial charge < -0.3 is 9.64 Å². The molecule has 1 aliphatic carbocycles. The minimum Gasteiger partial charge on any atom is -0.497 e. The smallest absolute Gasteiger partial charge is 0.229 e. The highest BCUT2D eigenvalue weighted by molar-refractivity contribution is 6.17. The van der Waals surface area contributed by atoms with Gasteiger partial charge in [0.05, 0.1) is 24.8 Å². The van der Waals surface area contributed by atoms with Crippen molar-refractivity contribution in [1.29, 1.82) is 0 Å². The number of anilines is 1. The molecule has 2 aromatic carbocycles. The van der Waals surface area contributed by atoms with E-state index in [4.69, 9.17) is 9.73 Å². The number of rotatable bonds is 6. The topological polar surface area (TPSA) is 59.0 Å². The normalized spacial score (nSPS) is 17.6. The van der Waals surface area contributed by atoms with E-state index in [0.717, 1.165) is 54.8 Å². The quantitative estimate of drug-likeness (QED) is 0.540. The summed E-state index contributed by atoms with van der Waals surface area (Å²) in [6.45, 7) is 4.19. The number of hydrogen-bond acceptors (Lipinski definition) is 4. The van der Waals surface area contributed by atoms with E-state index in [0.29, 0.717) is 5.56 Å². The summed E-state index contributed by atoms with van der Waals surface area (Å²) in [6, 6.07) is 13.4. The molecule has 2 aromatic rings. The molecule has 5 nitrogen and oxygen atoms in total. The van der Waals surface area contributed by atoms with Gasteiger partial charge in [-0.3, -0.25) is 14.6 Å². The van der Waals surface area contributed by atoms with Crippen molar-refractivity contribution in [3.63, 3.8) is 0 Å². The summed E-state index contributed by atoms with van der Waals surface area (Å²) in [4.78, 5) is 32.6. The van der Waals surface area contributed by atoms with Gasteiger partial charge in [0, 0.05) is 29.8 Å². The van der Waals surface area contributed by atoms with Crippen molar-refractivity contribution in [2.45, 2.75) is 64.3 Å². The summed E-state index contributed by atoms with van der Waals surface area (Å²) >= 11 is 0. The Morgan fingerprint density at radius 3 is 2.42 bits per heavy atom. The highest BCUT2D eigenvalue weighted by Crippen LogP contribution is 2.31. The molecule has 1 saturated carbocycles. The molecule has 0 unspecified atom stereocenters. The number of hydrogen-bond donors (Lipinski definition) is 0. The summed E-state index contributed by atoms with van der Waals surface area (Å²) in [5.41, 5.74) is 4.21. The number of ether oxygens (including phenoxy) is 1. The van der Waals surface area contributed by atoms with Crippen LogP contribution in [-0.2, 0) is 11.2 Å². The molecule has 1 heterocycles. The maximum absolute atomic E-state index is 13.2. The van der Waals surface area contributed by atoms with Crippen LogP contribution in [0.15, 0.2) is 47.5 Å². The predicted octanol–water partition coefficient (Wildman–Crippen LogP) is 5.64. The summed E-state index contributed by atoms with van der Waals surface area (Å²) in [5, 5.41) is 0. The van der Waals surface area contributed by atoms with Crippen LogP contribution in [0.5, 0.6) is 5.75 Å². The second kappa shape index (κ2) is 9.50. The minimum atomic E-state index is -0.247. The molecule has 0 atom stereocenters. The Morgan fingerprint density at radius 1 is 1.06 bits per heavy atom. The van der Waals surface area contributed by atoms with Crippen molar-refractivity contribution < 1.29 is 14.3 Å². The molecule has 174 valence electrons. The van der Waals surface area contributed by atoms with Gasteiger partial charge >= 0.3 is 0 Å². The maximum atomic E-state index is 13.2. The maximum Gasteiger partial charge on any atom is 0.229 e. The number of aliphatic imine (C=N–C) groups is 1. The Kier molecular flexibility index (Phi) is 6.68. The second-order valence-corrected chi connectivity index (χ2v) is 9.95. The van der Waals surface area contributed by atoms with Gasteiger partial charge in [0.1, 0.15) is 5.75 Å². The molecule has 1 amide bonds. The van der Waals surface area contributed by atoms with Crippen LogP contribution in [0.1, 0.15) is 73.9 Å². The van der Waals surface area contributed by atoms with Gasteiger partial charge in [-0.15, -0.1) is 0 Å². The standard InChI is InChI=1S/C28H34N2O3/c1-28(2)18-21-12-15-23(33-4)16-24(21)25(29-28)17-26(31)19-10-13-22(14-11-19)30(3)27(32)20-8-6-5-7-9-20/h10-16,20H,5-9,17-18H2,1-4H3. The first-order valence-electron chi connectivity index (χ1n) is 11.9. The largest absolute Gasteiger partial charge is 0.497 e. The Balaban J connectivity index is 1.50. The van der Waals surface area contributed by atoms with Crippen LogP contribution in [0.3, 0.4) is 0 Å². The number of benzene rings is 2. The third-order valence-electron chi connectivity index (χ3n) is 6.88. The van der Waals surface area contributed by atoms with Crippen molar-refractivity contribution in [3.05, 3.63) is 59.2 Å². The predicted molar refractivity (Wildman–Crippen MR) is 133 cm³/mol. The highest BCUT2D eigenvalue weighted by atomic mass is 16.5. The molecular formula is C28H34N2O3. The zero-order valence-corrected chi connectivity index (χ0v) is 20.2. The van der Waals surface area contributed by atoms with E-state index >= 15 is 0 Å². The van der Waals surface area contributed by atoms with E-state index in [2.05, 4.69) is 19.9 Å². The van der Waals surface area contributed by atoms with Gasteiger partial charge in [0.2, 0.25) is 5.91 Å². The lowest BCUT2D eigenvalue weighted by Gasteiger charge is -2.29. The van der Waals surface area contributed by atoms with Gasteiger partial charge in [-0.05, 0) is 75.1 Å². The zero-order chi connectivity index (χ0) is 23.6. The molecule has 0 spiro atoms. The van der Waals surface area contributed by atoms with Crippen molar-refractivity contribution in [3.8, 4) is 5.75 Å². The highest BCUT2D eigenvalue weighted by Gasteiger charge is 2.29. The molecule has 0 bridgehead atoms. The second-order valence-electron chi connectivity index (χ2n) is 9.95. The third-order valence-corrected chi connectivity index (χ3v) is 6.88. The third kappa shape index (κ3) is 5.18. The molecular weight excluding hydrogens is 412 g/mol. The zero-order valence-electron chi connectivity index (χ0n) is 20.2. The lowest BCUT2D eigenvalue weighted by Crippen LogP contribution is -2.33. The van der Waals surface area contributed by atoms with E-state index in [1.54, 1.807) is 12.0 Å². The number of methoxy groups -OCH3 is 1. The van der Waals surface area contributed by atoms with Crippen molar-refractivity contribution in [1.82, 2.24) is 0 Å². The summed E-state index contributed by atoms with van der Waals surface area (Å²) in [7, 11) is 3.48. The van der Waals surface area contributed by atoms with E-state index in [9.17, 15) is 9.59 Å². The minimum absolute atomic E-state index is 0.0213. The van der Waals surface area contributed by atoms with E-state index in [1.807, 2.05) is 43.4 Å². The fraction of sp³-hybridized carbons (Fsp3) is 0.464. The first-order chi connectivity index (χ1) is 15.8. The van der Waals surface area contributed by atoms with Gasteiger partial charge in [0.15, 0.2) is 5.78 Å². The summed E-state index contributed by atoms with van der Waals surface area (Å²) in [6.07, 6.45) is 6.51. The first-order valence-corrected chi connectivity index (χ1v) is 11.9. The fourth-order valence-corrected chi connectivity index (χ4v) is 5.05. The number of amides is 1. The molecule has 1 fully saturated rings. The van der Waals surface area contributed by atoms with Crippen molar-refractivity contribution in [2.75, 3.05) is 19.1 Å². The van der Waals surface area contributed by atoms with Crippen LogP contribution in [0.25, 0.3) is 0 Å². The van der Waals surface area contributed by atoms with Gasteiger partial charge in [-0.25, -0.2) is 0 Å². The Morgan fingerprint density at radius 2 is 1.76 bits per heavy atom. The lowest BCUT2D eigenvalue weighted by molar-refractivity contribution is -0.123. The van der Waals surface area contributed by atoms with Crippen LogP contribution in [-0.4, -0.2) is 37.1 Å². The Hall–Kier alpha value is -2.95. The molecule has 0 N–H and O–H groups in total. The van der Waals surface area contributed by atoms with Crippen LogP contribution >= 0.6 is 0 Å². The molecule has 4 rings (SSSR count). The van der Waals surface area contributed by atoms with Crippen LogP contribution in [0.2, 0.25) is 0 Å². The number of nitrogens with zero attached hydrogens (tertiary/aromatic N) is 2. The van der Waals surface area contributed by atoms with Gasteiger partial charge in [-0.1, -0.05) is 25.3 Å². The van der Waals surface area contributed by atoms with E-state index in [1.165, 1.54) is 12.0 Å². The number of carbonyl (C=O) groups excluding carboxylic acids is 2. The van der Waals surface area contributed by atoms with Gasteiger partial charge in [-0.2, -0.15) is 0 Å². The lowest BCUT2D eigenvalue weighted by atomic mass is 9.85. The molecule has 0 aromatic heterocycles. The van der Waals surface area contributed by atoms with Crippen LogP contribution in [0.4, 0.5) is 5.69 Å². The van der Waals surface area contributed by atoms with Crippen LogP contribution < -0.4 is 9.64 Å². The molecule has 0 radical (unpaired) electrons. The number of fused-ring (bicyclic) bond motifs is 1. The fourth-order valence-electron chi connectivity index (χ4n) is 5.05. The SMILES string of the molecule is COc1ccc2c(c1)C(CC(=O)c1ccc(N(C)C(=O)C3CCCCC3)cc1)=NC(C)(C)C2. The number of ketones is 1. The van der Waals surface area contributed by atoms with Gasteiger partial charge in [0.25, 0.3) is 0 Å². The molecule has 1 aliphatic heterocycles. The van der Waals surface area contributed by atoms with Crippen LogP contribution in [0, 0.1) is 5.92 Å². The molecule has 2 aliphatic rings. The van der Waals surface area contributed by atoms with Crippen molar-refractivity contribution in [2.24, 2.45) is 10.9 Å². The number of Topliss-reactive ketones (excluding diaryl/α,β-unsaturated/α-hetero) is 1. The Bertz CT molecular complexity index is 1060. The van der Waals surface area contributed by atoms with E-state index < -0.39 is 0 Å². The van der Waals surface area contributed by atoms with Crippen molar-refractivity contribution >= 4 is 23.1 Å². The molecule has 33 heavy (non-hydrogen) atoms.